The molecule has 3 rings (SSSR count). The lowest BCUT2D eigenvalue weighted by atomic mass is 9.99. The van der Waals surface area contributed by atoms with Crippen molar-refractivity contribution in [2.75, 3.05) is 0 Å². The number of hydrogen-bond acceptors (Lipinski definition) is 2. The summed E-state index contributed by atoms with van der Waals surface area (Å²) in [7, 11) is -1.18. The highest BCUT2D eigenvalue weighted by atomic mass is 31.2. The Morgan fingerprint density at radius 3 is 1.05 bits per heavy atom. The zero-order valence-electron chi connectivity index (χ0n) is 13.9. The summed E-state index contributed by atoms with van der Waals surface area (Å²) in [5.41, 5.74) is 2.88. The highest BCUT2D eigenvalue weighted by molar-refractivity contribution is 7.76. The smallest absolute Gasteiger partial charge is 0.106 e. The number of nitrogens with one attached hydrogen (secondary N) is 1. The molecule has 0 radical (unpaired) electrons. The van der Waals surface area contributed by atoms with Gasteiger partial charge in [-0.05, 0) is 77.0 Å². The van der Waals surface area contributed by atoms with Gasteiger partial charge in [0, 0.05) is 0 Å². The van der Waals surface area contributed by atoms with Crippen LogP contribution in [0.4, 0.5) is 0 Å². The molecule has 0 aromatic rings. The predicted octanol–water partition coefficient (Wildman–Crippen LogP) is 5.38. The molecule has 0 saturated heterocycles. The molecule has 0 heterocycles. The van der Waals surface area contributed by atoms with Gasteiger partial charge in [0.2, 0.25) is 0 Å². The van der Waals surface area contributed by atoms with Gasteiger partial charge in [-0.3, -0.25) is 0 Å². The summed E-state index contributed by atoms with van der Waals surface area (Å²) >= 11 is 0. The number of nitrogens with two attached hydrogens (primary N) is 1. The molecule has 0 amide bonds. The van der Waals surface area contributed by atoms with Gasteiger partial charge in [-0.25, -0.2) is 5.84 Å². The van der Waals surface area contributed by atoms with E-state index in [-0.39, 0.29) is 0 Å². The molecule has 0 aromatic heterocycles. The average molecular weight is 311 g/mol. The molecule has 3 aliphatic rings. The van der Waals surface area contributed by atoms with E-state index in [1.165, 1.54) is 96.3 Å². The lowest BCUT2D eigenvalue weighted by Gasteiger charge is -2.47. The van der Waals surface area contributed by atoms with Gasteiger partial charge in [0.15, 0.2) is 0 Å². The molecular weight excluding hydrogens is 275 g/mol. The summed E-state index contributed by atoms with van der Waals surface area (Å²) in [6.07, 6.45) is 22.1. The first-order valence-electron chi connectivity index (χ1n) is 9.74. The molecule has 3 heteroatoms. The van der Waals surface area contributed by atoms with Crippen molar-refractivity contribution in [3.8, 4) is 0 Å². The van der Waals surface area contributed by atoms with Crippen molar-refractivity contribution in [1.29, 1.82) is 0 Å². The largest absolute Gasteiger partial charge is 0.240 e. The highest BCUT2D eigenvalue weighted by Crippen LogP contribution is 2.73. The first-order valence-corrected chi connectivity index (χ1v) is 11.7. The van der Waals surface area contributed by atoms with Gasteiger partial charge < -0.3 is 0 Å². The second kappa shape index (κ2) is 7.75. The van der Waals surface area contributed by atoms with Gasteiger partial charge in [-0.15, -0.1) is 5.20 Å². The van der Waals surface area contributed by atoms with Crippen LogP contribution in [0.2, 0.25) is 0 Å². The van der Waals surface area contributed by atoms with E-state index in [2.05, 4.69) is 5.20 Å². The molecule has 2 nitrogen and oxygen atoms in total. The summed E-state index contributed by atoms with van der Waals surface area (Å²) in [6, 6.07) is 0. The Labute approximate surface area is 132 Å². The van der Waals surface area contributed by atoms with Crippen molar-refractivity contribution in [3.63, 3.8) is 0 Å². The normalized spacial score (nSPS) is 27.9. The maximum atomic E-state index is 6.40. The Bertz CT molecular complexity index is 257. The fourth-order valence-electron chi connectivity index (χ4n) is 5.74. The van der Waals surface area contributed by atoms with Gasteiger partial charge in [-0.1, -0.05) is 19.3 Å². The van der Waals surface area contributed by atoms with Crippen molar-refractivity contribution < 1.29 is 0 Å². The van der Waals surface area contributed by atoms with Crippen LogP contribution < -0.4 is 11.0 Å². The highest BCUT2D eigenvalue weighted by Gasteiger charge is 2.57. The number of rotatable bonds is 4. The van der Waals surface area contributed by atoms with Gasteiger partial charge in [-0.2, -0.15) is 0 Å². The van der Waals surface area contributed by atoms with Gasteiger partial charge >= 0.3 is 0 Å². The molecule has 3 fully saturated rings. The second-order valence-electron chi connectivity index (χ2n) is 7.84. The molecule has 3 aliphatic carbocycles. The maximum Gasteiger partial charge on any atom is 0.106 e. The third-order valence-corrected chi connectivity index (χ3v) is 12.4. The number of hydrogen-bond donors (Lipinski definition) is 2. The fourth-order valence-corrected chi connectivity index (χ4v) is 11.8. The zero-order valence-corrected chi connectivity index (χ0v) is 14.8. The molecule has 0 aromatic carbocycles. The van der Waals surface area contributed by atoms with E-state index in [1.807, 2.05) is 0 Å². The lowest BCUT2D eigenvalue weighted by Crippen LogP contribution is -2.45. The van der Waals surface area contributed by atoms with Crippen LogP contribution >= 0.6 is 7.41 Å². The van der Waals surface area contributed by atoms with E-state index in [1.54, 1.807) is 0 Å². The maximum absolute atomic E-state index is 6.40. The zero-order chi connectivity index (χ0) is 14.5. The first-order chi connectivity index (χ1) is 10.4. The van der Waals surface area contributed by atoms with Crippen molar-refractivity contribution in [2.24, 2.45) is 5.84 Å². The van der Waals surface area contributed by atoms with Crippen LogP contribution in [0.25, 0.3) is 0 Å². The van der Waals surface area contributed by atoms with Crippen molar-refractivity contribution in [1.82, 2.24) is 5.20 Å². The monoisotopic (exact) mass is 311 g/mol. The Kier molecular flexibility index (Phi) is 5.99. The molecule has 3 saturated carbocycles. The van der Waals surface area contributed by atoms with Crippen LogP contribution in [0.15, 0.2) is 0 Å². The predicted molar refractivity (Wildman–Crippen MR) is 94.9 cm³/mol. The van der Waals surface area contributed by atoms with E-state index in [0.717, 1.165) is 17.0 Å². The van der Waals surface area contributed by atoms with E-state index in [0.29, 0.717) is 0 Å². The Morgan fingerprint density at radius 2 is 0.810 bits per heavy atom. The second-order valence-corrected chi connectivity index (χ2v) is 12.0. The van der Waals surface area contributed by atoms with Gasteiger partial charge in [0.1, 0.15) is 7.41 Å². The van der Waals surface area contributed by atoms with E-state index >= 15 is 0 Å². The third kappa shape index (κ3) is 3.33. The van der Waals surface area contributed by atoms with Crippen LogP contribution in [-0.2, 0) is 0 Å². The Morgan fingerprint density at radius 1 is 0.524 bits per heavy atom. The van der Waals surface area contributed by atoms with Crippen LogP contribution in [-0.4, -0.2) is 17.0 Å². The van der Waals surface area contributed by atoms with Crippen molar-refractivity contribution in [3.05, 3.63) is 0 Å². The molecule has 122 valence electrons. The summed E-state index contributed by atoms with van der Waals surface area (Å²) in [6.45, 7) is 0. The average Bonchev–Trinajstić information content (AvgIpc) is 2.59. The molecule has 0 spiro atoms. The van der Waals surface area contributed by atoms with Gasteiger partial charge in [0.25, 0.3) is 0 Å². The van der Waals surface area contributed by atoms with Gasteiger partial charge in [0.05, 0.1) is 17.0 Å². The minimum Gasteiger partial charge on any atom is -0.240 e. The van der Waals surface area contributed by atoms with Crippen LogP contribution in [0.3, 0.4) is 0 Å². The number of hydrazine groups is 1. The van der Waals surface area contributed by atoms with E-state index < -0.39 is 7.41 Å². The summed E-state index contributed by atoms with van der Waals surface area (Å²) in [4.78, 5) is 0. The Hall–Kier alpha value is 0.350. The summed E-state index contributed by atoms with van der Waals surface area (Å²) < 4.78 is 0. The topological polar surface area (TPSA) is 38.0 Å². The molecular formula is C18H36N2P+. The quantitative estimate of drug-likeness (QED) is 0.415. The van der Waals surface area contributed by atoms with Crippen LogP contribution in [0.5, 0.6) is 0 Å². The first kappa shape index (κ1) is 16.2. The van der Waals surface area contributed by atoms with E-state index in [9.17, 15) is 0 Å². The third-order valence-electron chi connectivity index (χ3n) is 6.76. The SMILES string of the molecule is NN[P+](C1CCCCC1)(C1CCCCC1)C1CCCCC1. The molecule has 0 bridgehead atoms. The summed E-state index contributed by atoms with van der Waals surface area (Å²) in [5, 5.41) is 3.64. The summed E-state index contributed by atoms with van der Waals surface area (Å²) in [5.74, 6) is 6.40. The standard InChI is InChI=1S/C18H36N2P/c19-20-21(16-10-4-1-5-11-16,17-12-6-2-7-13-17)18-14-8-3-9-15-18/h16-18,20H,1-15,19H2/q+1. The van der Waals surface area contributed by atoms with Crippen LogP contribution in [0.1, 0.15) is 96.3 Å². The molecule has 21 heavy (non-hydrogen) atoms. The minimum atomic E-state index is -1.18. The van der Waals surface area contributed by atoms with Crippen molar-refractivity contribution in [2.45, 2.75) is 113 Å². The molecule has 3 N–H and O–H groups in total. The Balaban J connectivity index is 1.85. The van der Waals surface area contributed by atoms with Crippen molar-refractivity contribution >= 4 is 7.41 Å². The lowest BCUT2D eigenvalue weighted by molar-refractivity contribution is 0.445. The molecule has 0 unspecified atom stereocenters. The molecule has 0 atom stereocenters. The fraction of sp³-hybridized carbons (Fsp3) is 1.00. The minimum absolute atomic E-state index is 0.961. The van der Waals surface area contributed by atoms with E-state index in [4.69, 9.17) is 5.84 Å². The van der Waals surface area contributed by atoms with Crippen LogP contribution in [0, 0.1) is 0 Å². The molecule has 0 aliphatic heterocycles.